The predicted molar refractivity (Wildman–Crippen MR) is 75.0 cm³/mol. The minimum Gasteiger partial charge on any atom is -0.300 e. The molecule has 0 fully saturated rings. The zero-order valence-electron chi connectivity index (χ0n) is 9.91. The van der Waals surface area contributed by atoms with Gasteiger partial charge in [-0.1, -0.05) is 29.5 Å². The molecule has 0 bridgehead atoms. The quantitative estimate of drug-likeness (QED) is 0.553. The predicted octanol–water partition coefficient (Wildman–Crippen LogP) is 1.19. The fraction of sp³-hybridized carbons (Fsp3) is 0.0833. The minimum absolute atomic E-state index is 0.103. The Hall–Kier alpha value is -2.25. The summed E-state index contributed by atoms with van der Waals surface area (Å²) < 4.78 is 1.43. The van der Waals surface area contributed by atoms with Crippen molar-refractivity contribution in [2.24, 2.45) is 5.84 Å². The number of hydrogen-bond donors (Lipinski definition) is 2. The number of rotatable bonds is 3. The van der Waals surface area contributed by atoms with E-state index in [-0.39, 0.29) is 5.56 Å². The normalized spacial score (nSPS) is 10.8. The molecule has 0 amide bonds. The Morgan fingerprint density at radius 1 is 1.32 bits per heavy atom. The van der Waals surface area contributed by atoms with E-state index < -0.39 is 0 Å². The van der Waals surface area contributed by atoms with Gasteiger partial charge in [-0.05, 0) is 6.07 Å². The van der Waals surface area contributed by atoms with Crippen LogP contribution < -0.4 is 16.8 Å². The molecule has 96 valence electrons. The number of benzene rings is 1. The summed E-state index contributed by atoms with van der Waals surface area (Å²) in [6, 6.07) is 7.40. The van der Waals surface area contributed by atoms with Gasteiger partial charge < -0.3 is 0 Å². The van der Waals surface area contributed by atoms with E-state index in [1.54, 1.807) is 18.5 Å². The summed E-state index contributed by atoms with van der Waals surface area (Å²) in [5.41, 5.74) is 2.37. The van der Waals surface area contributed by atoms with Gasteiger partial charge in [0.05, 0.1) is 18.1 Å². The van der Waals surface area contributed by atoms with E-state index in [0.29, 0.717) is 17.1 Å². The van der Waals surface area contributed by atoms with E-state index in [1.165, 1.54) is 16.0 Å². The number of hydrazine groups is 1. The summed E-state index contributed by atoms with van der Waals surface area (Å²) in [4.78, 5) is 17.2. The third-order valence-electron chi connectivity index (χ3n) is 2.74. The Balaban J connectivity index is 2.01. The zero-order valence-corrected chi connectivity index (χ0v) is 10.7. The summed E-state index contributed by atoms with van der Waals surface area (Å²) in [6.45, 7) is 0.392. The first-order valence-electron chi connectivity index (χ1n) is 5.64. The van der Waals surface area contributed by atoms with Crippen molar-refractivity contribution in [2.75, 3.05) is 5.43 Å². The van der Waals surface area contributed by atoms with Gasteiger partial charge in [0.25, 0.3) is 5.56 Å². The van der Waals surface area contributed by atoms with Crippen molar-refractivity contribution in [1.29, 1.82) is 0 Å². The maximum Gasteiger partial charge on any atom is 0.274 e. The highest BCUT2D eigenvalue weighted by Crippen LogP contribution is 2.17. The third-order valence-corrected chi connectivity index (χ3v) is 3.66. The zero-order chi connectivity index (χ0) is 13.2. The van der Waals surface area contributed by atoms with Crippen molar-refractivity contribution in [3.63, 3.8) is 0 Å². The average Bonchev–Trinajstić information content (AvgIpc) is 2.90. The lowest BCUT2D eigenvalue weighted by Gasteiger charge is -2.03. The Morgan fingerprint density at radius 3 is 2.95 bits per heavy atom. The molecule has 0 spiro atoms. The van der Waals surface area contributed by atoms with Gasteiger partial charge in [0, 0.05) is 16.5 Å². The smallest absolute Gasteiger partial charge is 0.274 e. The number of anilines is 1. The maximum atomic E-state index is 12.3. The molecule has 0 aliphatic carbocycles. The lowest BCUT2D eigenvalue weighted by Crippen LogP contribution is -2.22. The van der Waals surface area contributed by atoms with Crippen LogP contribution in [-0.4, -0.2) is 14.8 Å². The molecule has 19 heavy (non-hydrogen) atoms. The number of nitrogens with zero attached hydrogens (tertiary/aromatic N) is 3. The standard InChI is InChI=1S/C12H11N5OS/c13-16-12-14-6-9(19-12)7-17-11(18)10-4-2-1-3-8(10)5-15-17/h1-6H,7,13H2,(H,14,16). The van der Waals surface area contributed by atoms with Crippen LogP contribution in [-0.2, 0) is 6.54 Å². The fourth-order valence-corrected chi connectivity index (χ4v) is 2.54. The van der Waals surface area contributed by atoms with Crippen molar-refractivity contribution >= 4 is 27.2 Å². The average molecular weight is 273 g/mol. The molecule has 0 saturated carbocycles. The second-order valence-corrected chi connectivity index (χ2v) is 5.09. The summed E-state index contributed by atoms with van der Waals surface area (Å²) in [7, 11) is 0. The van der Waals surface area contributed by atoms with E-state index in [4.69, 9.17) is 5.84 Å². The maximum absolute atomic E-state index is 12.3. The van der Waals surface area contributed by atoms with Gasteiger partial charge in [-0.15, -0.1) is 0 Å². The second-order valence-electron chi connectivity index (χ2n) is 3.97. The van der Waals surface area contributed by atoms with Gasteiger partial charge in [-0.25, -0.2) is 15.5 Å². The number of nitrogens with two attached hydrogens (primary N) is 1. The highest BCUT2D eigenvalue weighted by atomic mass is 32.1. The topological polar surface area (TPSA) is 85.8 Å². The number of fused-ring (bicyclic) bond motifs is 1. The molecule has 0 saturated heterocycles. The lowest BCUT2D eigenvalue weighted by molar-refractivity contribution is 0.653. The van der Waals surface area contributed by atoms with Crippen LogP contribution >= 0.6 is 11.3 Å². The monoisotopic (exact) mass is 273 g/mol. The number of thiazole rings is 1. The molecule has 3 aromatic rings. The Labute approximate surface area is 112 Å². The first-order chi connectivity index (χ1) is 9.28. The second kappa shape index (κ2) is 4.79. The summed E-state index contributed by atoms with van der Waals surface area (Å²) in [5.74, 6) is 5.27. The third kappa shape index (κ3) is 2.20. The van der Waals surface area contributed by atoms with E-state index in [2.05, 4.69) is 15.5 Å². The largest absolute Gasteiger partial charge is 0.300 e. The molecule has 1 aromatic carbocycles. The molecule has 0 aliphatic heterocycles. The molecule has 0 radical (unpaired) electrons. The van der Waals surface area contributed by atoms with Gasteiger partial charge in [0.15, 0.2) is 5.13 Å². The van der Waals surface area contributed by atoms with Gasteiger partial charge in [0.1, 0.15) is 0 Å². The van der Waals surface area contributed by atoms with Crippen LogP contribution in [0.15, 0.2) is 41.5 Å². The molecule has 0 atom stereocenters. The molecule has 6 nitrogen and oxygen atoms in total. The molecular weight excluding hydrogens is 262 g/mol. The molecule has 7 heteroatoms. The van der Waals surface area contributed by atoms with Crippen LogP contribution in [0.2, 0.25) is 0 Å². The summed E-state index contributed by atoms with van der Waals surface area (Å²) in [5, 5.41) is 6.29. The number of nitrogen functional groups attached to an aromatic ring is 1. The van der Waals surface area contributed by atoms with Gasteiger partial charge in [-0.2, -0.15) is 5.10 Å². The van der Waals surface area contributed by atoms with Crippen LogP contribution in [0.3, 0.4) is 0 Å². The molecule has 0 unspecified atom stereocenters. The van der Waals surface area contributed by atoms with E-state index in [9.17, 15) is 4.79 Å². The van der Waals surface area contributed by atoms with Crippen molar-refractivity contribution in [3.8, 4) is 0 Å². The van der Waals surface area contributed by atoms with Gasteiger partial charge in [0.2, 0.25) is 0 Å². The first-order valence-corrected chi connectivity index (χ1v) is 6.46. The van der Waals surface area contributed by atoms with Crippen LogP contribution in [0.5, 0.6) is 0 Å². The first kappa shape index (κ1) is 11.8. The molecule has 2 heterocycles. The van der Waals surface area contributed by atoms with Crippen molar-refractivity contribution in [1.82, 2.24) is 14.8 Å². The SMILES string of the molecule is NNc1ncc(Cn2ncc3ccccc3c2=O)s1. The van der Waals surface area contributed by atoms with Crippen LogP contribution in [0, 0.1) is 0 Å². The number of aromatic nitrogens is 3. The van der Waals surface area contributed by atoms with E-state index in [0.717, 1.165) is 10.3 Å². The summed E-state index contributed by atoms with van der Waals surface area (Å²) >= 11 is 1.39. The van der Waals surface area contributed by atoms with Crippen LogP contribution in [0.25, 0.3) is 10.8 Å². The molecule has 2 aromatic heterocycles. The minimum atomic E-state index is -0.103. The molecular formula is C12H11N5OS. The van der Waals surface area contributed by atoms with Crippen LogP contribution in [0.4, 0.5) is 5.13 Å². The Bertz CT molecular complexity index is 779. The highest BCUT2D eigenvalue weighted by Gasteiger charge is 2.06. The summed E-state index contributed by atoms with van der Waals surface area (Å²) in [6.07, 6.45) is 3.38. The Morgan fingerprint density at radius 2 is 2.16 bits per heavy atom. The van der Waals surface area contributed by atoms with Gasteiger partial charge in [-0.3, -0.25) is 10.2 Å². The van der Waals surface area contributed by atoms with E-state index >= 15 is 0 Å². The van der Waals surface area contributed by atoms with Crippen molar-refractivity contribution in [3.05, 3.63) is 51.9 Å². The Kier molecular flexibility index (Phi) is 2.98. The highest BCUT2D eigenvalue weighted by molar-refractivity contribution is 7.15. The van der Waals surface area contributed by atoms with Crippen LogP contribution in [0.1, 0.15) is 4.88 Å². The molecule has 3 rings (SSSR count). The molecule has 3 N–H and O–H groups in total. The van der Waals surface area contributed by atoms with Crippen molar-refractivity contribution < 1.29 is 0 Å². The fourth-order valence-electron chi connectivity index (χ4n) is 1.84. The van der Waals surface area contributed by atoms with Crippen molar-refractivity contribution in [2.45, 2.75) is 6.54 Å². The van der Waals surface area contributed by atoms with E-state index in [1.807, 2.05) is 18.2 Å². The lowest BCUT2D eigenvalue weighted by atomic mass is 10.2. The number of hydrogen-bond acceptors (Lipinski definition) is 6. The molecule has 0 aliphatic rings. The van der Waals surface area contributed by atoms with Gasteiger partial charge >= 0.3 is 0 Å². The number of nitrogens with one attached hydrogen (secondary N) is 1.